The fraction of sp³-hybridized carbons (Fsp3) is 0.400. The van der Waals surface area contributed by atoms with Crippen molar-refractivity contribution in [3.05, 3.63) is 35.4 Å². The van der Waals surface area contributed by atoms with E-state index in [-0.39, 0.29) is 5.91 Å². The van der Waals surface area contributed by atoms with Crippen LogP contribution in [-0.2, 0) is 16.1 Å². The third-order valence-electron chi connectivity index (χ3n) is 4.03. The minimum atomic E-state index is -0.487. The smallest absolute Gasteiger partial charge is 0.268 e. The lowest BCUT2D eigenvalue weighted by Gasteiger charge is -2.39. The van der Waals surface area contributed by atoms with Crippen LogP contribution >= 0.6 is 0 Å². The van der Waals surface area contributed by atoms with E-state index in [0.29, 0.717) is 31.4 Å². The van der Waals surface area contributed by atoms with Gasteiger partial charge in [0.1, 0.15) is 0 Å². The summed E-state index contributed by atoms with van der Waals surface area (Å²) in [6.07, 6.45) is 2.85. The molecule has 2 heterocycles. The Hall–Kier alpha value is -2.01. The quantitative estimate of drug-likeness (QED) is 0.612. The molecule has 0 aliphatic carbocycles. The van der Waals surface area contributed by atoms with Gasteiger partial charge in [-0.1, -0.05) is 24.6 Å². The van der Waals surface area contributed by atoms with E-state index in [1.165, 1.54) is 0 Å². The second-order valence-corrected chi connectivity index (χ2v) is 5.21. The van der Waals surface area contributed by atoms with Crippen LogP contribution in [-0.4, -0.2) is 40.6 Å². The van der Waals surface area contributed by atoms with E-state index in [0.717, 1.165) is 18.4 Å². The van der Waals surface area contributed by atoms with Crippen LogP contribution in [0.1, 0.15) is 35.2 Å². The Morgan fingerprint density at radius 3 is 2.80 bits per heavy atom. The Balaban J connectivity index is 1.87. The highest BCUT2D eigenvalue weighted by Crippen LogP contribution is 2.28. The maximum absolute atomic E-state index is 12.4. The molecule has 5 heteroatoms. The first kappa shape index (κ1) is 13.0. The van der Waals surface area contributed by atoms with Crippen LogP contribution in [0.3, 0.4) is 0 Å². The van der Waals surface area contributed by atoms with Crippen LogP contribution in [0, 0.1) is 0 Å². The van der Waals surface area contributed by atoms with Crippen molar-refractivity contribution in [1.82, 2.24) is 10.0 Å². The normalized spacial score (nSPS) is 22.7. The molecule has 1 amide bonds. The maximum atomic E-state index is 12.4. The Kier molecular flexibility index (Phi) is 3.36. The van der Waals surface area contributed by atoms with Crippen molar-refractivity contribution in [2.45, 2.75) is 31.8 Å². The fourth-order valence-corrected chi connectivity index (χ4v) is 3.02. The van der Waals surface area contributed by atoms with Crippen molar-refractivity contribution in [1.29, 1.82) is 0 Å². The number of piperidine rings is 1. The zero-order chi connectivity index (χ0) is 14.1. The molecule has 0 spiro atoms. The highest BCUT2D eigenvalue weighted by Gasteiger charge is 2.38. The number of carbonyl (C=O) groups excluding carboxylic acids is 3. The Labute approximate surface area is 117 Å². The summed E-state index contributed by atoms with van der Waals surface area (Å²) in [6, 6.07) is 6.98. The first-order valence-electron chi connectivity index (χ1n) is 6.87. The molecule has 1 fully saturated rings. The summed E-state index contributed by atoms with van der Waals surface area (Å²) in [4.78, 5) is 35.0. The molecule has 0 bridgehead atoms. The molecule has 1 atom stereocenters. The summed E-state index contributed by atoms with van der Waals surface area (Å²) >= 11 is 0. The minimum absolute atomic E-state index is 0.0776. The highest BCUT2D eigenvalue weighted by molar-refractivity contribution is 6.27. The molecule has 20 heavy (non-hydrogen) atoms. The Morgan fingerprint density at radius 1 is 1.25 bits per heavy atom. The van der Waals surface area contributed by atoms with E-state index in [9.17, 15) is 14.4 Å². The molecule has 1 aromatic rings. The van der Waals surface area contributed by atoms with E-state index in [4.69, 9.17) is 0 Å². The number of rotatable bonds is 3. The highest BCUT2D eigenvalue weighted by atomic mass is 16.2. The van der Waals surface area contributed by atoms with Gasteiger partial charge in [-0.15, -0.1) is 0 Å². The van der Waals surface area contributed by atoms with Crippen LogP contribution in [0.2, 0.25) is 0 Å². The number of Topliss-reactive ketones (excluding diaryl/α,β-unsaturated/α-hetero) is 1. The lowest BCUT2D eigenvalue weighted by atomic mass is 10.0. The number of aldehydes is 1. The summed E-state index contributed by atoms with van der Waals surface area (Å²) < 4.78 is 0. The van der Waals surface area contributed by atoms with E-state index < -0.39 is 11.8 Å². The SMILES string of the molecule is O=CC(=O)C1CCCCN1N1Cc2ccccc2C1=O. The van der Waals surface area contributed by atoms with Gasteiger partial charge in [-0.3, -0.25) is 19.4 Å². The number of ketones is 1. The Morgan fingerprint density at radius 2 is 2.05 bits per heavy atom. The molecule has 0 aromatic heterocycles. The summed E-state index contributed by atoms with van der Waals surface area (Å²) in [7, 11) is 0. The van der Waals surface area contributed by atoms with E-state index in [2.05, 4.69) is 0 Å². The van der Waals surface area contributed by atoms with Crippen molar-refractivity contribution in [2.75, 3.05) is 6.54 Å². The van der Waals surface area contributed by atoms with Gasteiger partial charge in [-0.05, 0) is 24.5 Å². The standard InChI is InChI=1S/C15H16N2O3/c18-10-14(19)13-7-3-4-8-16(13)17-9-11-5-1-2-6-12(11)15(17)20/h1-2,5-6,10,13H,3-4,7-9H2. The molecule has 3 rings (SSSR count). The fourth-order valence-electron chi connectivity index (χ4n) is 3.02. The van der Waals surface area contributed by atoms with E-state index >= 15 is 0 Å². The number of hydrogen-bond acceptors (Lipinski definition) is 4. The number of fused-ring (bicyclic) bond motifs is 1. The molecule has 1 unspecified atom stereocenters. The summed E-state index contributed by atoms with van der Waals surface area (Å²) in [5.74, 6) is -0.514. The summed E-state index contributed by atoms with van der Waals surface area (Å²) in [5.41, 5.74) is 1.66. The molecule has 0 radical (unpaired) electrons. The van der Waals surface area contributed by atoms with Crippen LogP contribution in [0.15, 0.2) is 24.3 Å². The van der Waals surface area contributed by atoms with Gasteiger partial charge in [0.05, 0.1) is 12.6 Å². The molecule has 1 saturated heterocycles. The largest absolute Gasteiger partial charge is 0.295 e. The predicted molar refractivity (Wildman–Crippen MR) is 71.7 cm³/mol. The monoisotopic (exact) mass is 272 g/mol. The van der Waals surface area contributed by atoms with Crippen LogP contribution in [0.4, 0.5) is 0 Å². The van der Waals surface area contributed by atoms with Crippen molar-refractivity contribution in [3.63, 3.8) is 0 Å². The van der Waals surface area contributed by atoms with Crippen LogP contribution < -0.4 is 0 Å². The summed E-state index contributed by atoms with van der Waals surface area (Å²) in [5, 5.41) is 3.40. The average molecular weight is 272 g/mol. The van der Waals surface area contributed by atoms with Gasteiger partial charge in [0, 0.05) is 12.1 Å². The molecule has 104 valence electrons. The molecule has 0 N–H and O–H groups in total. The third-order valence-corrected chi connectivity index (χ3v) is 4.03. The molecule has 1 aromatic carbocycles. The van der Waals surface area contributed by atoms with Crippen molar-refractivity contribution >= 4 is 18.0 Å². The molecular weight excluding hydrogens is 256 g/mol. The van der Waals surface area contributed by atoms with Gasteiger partial charge in [-0.2, -0.15) is 0 Å². The van der Waals surface area contributed by atoms with Crippen LogP contribution in [0.5, 0.6) is 0 Å². The van der Waals surface area contributed by atoms with Gasteiger partial charge in [0.25, 0.3) is 5.91 Å². The van der Waals surface area contributed by atoms with Crippen molar-refractivity contribution < 1.29 is 14.4 Å². The average Bonchev–Trinajstić information content (AvgIpc) is 2.84. The number of amides is 1. The zero-order valence-corrected chi connectivity index (χ0v) is 11.1. The number of benzene rings is 1. The van der Waals surface area contributed by atoms with Gasteiger partial charge < -0.3 is 0 Å². The zero-order valence-electron chi connectivity index (χ0n) is 11.1. The maximum Gasteiger partial charge on any atom is 0.268 e. The van der Waals surface area contributed by atoms with Crippen molar-refractivity contribution in [2.24, 2.45) is 0 Å². The van der Waals surface area contributed by atoms with Gasteiger partial charge in [-0.25, -0.2) is 5.01 Å². The second kappa shape index (κ2) is 5.17. The van der Waals surface area contributed by atoms with Crippen molar-refractivity contribution in [3.8, 4) is 0 Å². The van der Waals surface area contributed by atoms with Gasteiger partial charge >= 0.3 is 0 Å². The first-order chi connectivity index (χ1) is 9.72. The Bertz CT molecular complexity index is 570. The van der Waals surface area contributed by atoms with Gasteiger partial charge in [0.2, 0.25) is 5.78 Å². The van der Waals surface area contributed by atoms with Gasteiger partial charge in [0.15, 0.2) is 6.29 Å². The van der Waals surface area contributed by atoms with E-state index in [1.807, 2.05) is 18.2 Å². The minimum Gasteiger partial charge on any atom is -0.295 e. The predicted octanol–water partition coefficient (Wildman–Crippen LogP) is 1.18. The molecule has 2 aliphatic heterocycles. The summed E-state index contributed by atoms with van der Waals surface area (Å²) in [6.45, 7) is 1.13. The lowest BCUT2D eigenvalue weighted by Crippen LogP contribution is -2.54. The number of nitrogens with zero attached hydrogens (tertiary/aromatic N) is 2. The number of hydrogen-bond donors (Lipinski definition) is 0. The van der Waals surface area contributed by atoms with Crippen LogP contribution in [0.25, 0.3) is 0 Å². The molecule has 2 aliphatic rings. The topological polar surface area (TPSA) is 57.7 Å². The van der Waals surface area contributed by atoms with E-state index in [1.54, 1.807) is 16.1 Å². The second-order valence-electron chi connectivity index (χ2n) is 5.21. The first-order valence-corrected chi connectivity index (χ1v) is 6.87. The molecule has 5 nitrogen and oxygen atoms in total. The third kappa shape index (κ3) is 2.04. The molecule has 0 saturated carbocycles. The molecular formula is C15H16N2O3. The number of carbonyl (C=O) groups is 3. The lowest BCUT2D eigenvalue weighted by molar-refractivity contribution is -0.140. The number of hydrazine groups is 1.